The van der Waals surface area contributed by atoms with Crippen LogP contribution in [0, 0.1) is 0 Å². The van der Waals surface area contributed by atoms with E-state index in [2.05, 4.69) is 19.2 Å². The molecule has 0 bridgehead atoms. The lowest BCUT2D eigenvalue weighted by molar-refractivity contribution is 0.0749. The second-order valence-electron chi connectivity index (χ2n) is 10.2. The fourth-order valence-corrected chi connectivity index (χ4v) is 5.28. The number of nitrogens with zero attached hydrogens (tertiary/aromatic N) is 1. The number of unbranched alkanes of at least 4 members (excludes halogenated alkanes) is 10. The smallest absolute Gasteiger partial charge is 0.255 e. The highest BCUT2D eigenvalue weighted by molar-refractivity contribution is 6.31. The van der Waals surface area contributed by atoms with Gasteiger partial charge in [-0.3, -0.25) is 14.4 Å². The molecule has 0 aliphatic heterocycles. The first-order chi connectivity index (χ1) is 18.0. The molecule has 0 unspecified atom stereocenters. The Morgan fingerprint density at radius 3 is 1.73 bits per heavy atom. The van der Waals surface area contributed by atoms with E-state index in [9.17, 15) is 14.4 Å². The van der Waals surface area contributed by atoms with Crippen LogP contribution >= 0.6 is 0 Å². The molecule has 0 aromatic heterocycles. The molecule has 0 radical (unpaired) electrons. The second kappa shape index (κ2) is 14.7. The van der Waals surface area contributed by atoms with Gasteiger partial charge in [0.15, 0.2) is 11.6 Å². The van der Waals surface area contributed by atoms with Crippen molar-refractivity contribution < 1.29 is 14.4 Å². The number of carbonyl (C=O) groups is 3. The normalized spacial score (nSPS) is 12.3. The molecule has 5 nitrogen and oxygen atoms in total. The molecular weight excluding hydrogens is 460 g/mol. The largest absolute Gasteiger partial charge is 0.387 e. The van der Waals surface area contributed by atoms with Gasteiger partial charge in [-0.05, 0) is 25.0 Å². The van der Waals surface area contributed by atoms with Crippen LogP contribution in [0.2, 0.25) is 0 Å². The number of anilines is 1. The number of hydrogen-bond acceptors (Lipinski definition) is 4. The number of fused-ring (bicyclic) bond motifs is 2. The van der Waals surface area contributed by atoms with Crippen molar-refractivity contribution in [2.45, 2.75) is 90.9 Å². The summed E-state index contributed by atoms with van der Waals surface area (Å²) in [6, 6.07) is 10.3. The fourth-order valence-electron chi connectivity index (χ4n) is 5.28. The van der Waals surface area contributed by atoms with E-state index in [4.69, 9.17) is 0 Å². The van der Waals surface area contributed by atoms with E-state index in [1.807, 2.05) is 4.90 Å². The van der Waals surface area contributed by atoms with E-state index in [1.54, 1.807) is 43.4 Å². The third-order valence-electron chi connectivity index (χ3n) is 7.42. The van der Waals surface area contributed by atoms with Gasteiger partial charge >= 0.3 is 0 Å². The minimum Gasteiger partial charge on any atom is -0.387 e. The summed E-state index contributed by atoms with van der Waals surface area (Å²) in [4.78, 5) is 42.4. The third-order valence-corrected chi connectivity index (χ3v) is 7.42. The summed E-state index contributed by atoms with van der Waals surface area (Å²) in [5.74, 6) is -0.437. The molecule has 2 aromatic rings. The van der Waals surface area contributed by atoms with Crippen molar-refractivity contribution in [2.24, 2.45) is 0 Å². The van der Waals surface area contributed by atoms with Gasteiger partial charge in [0.2, 0.25) is 0 Å². The summed E-state index contributed by atoms with van der Waals surface area (Å²) in [5.41, 5.74) is 2.44. The summed E-state index contributed by atoms with van der Waals surface area (Å²) in [7, 11) is 1.72. The molecule has 0 atom stereocenters. The lowest BCUT2D eigenvalue weighted by Crippen LogP contribution is -2.34. The van der Waals surface area contributed by atoms with Crippen molar-refractivity contribution in [1.29, 1.82) is 0 Å². The fraction of sp³-hybridized carbons (Fsp3) is 0.531. The van der Waals surface area contributed by atoms with Gasteiger partial charge in [0.05, 0.1) is 16.8 Å². The van der Waals surface area contributed by atoms with E-state index in [0.29, 0.717) is 33.5 Å². The van der Waals surface area contributed by atoms with Crippen LogP contribution in [0.3, 0.4) is 0 Å². The average molecular weight is 505 g/mol. The van der Waals surface area contributed by atoms with Crippen molar-refractivity contribution in [2.75, 3.05) is 25.5 Å². The van der Waals surface area contributed by atoms with E-state index in [0.717, 1.165) is 38.8 Å². The van der Waals surface area contributed by atoms with E-state index in [-0.39, 0.29) is 17.5 Å². The lowest BCUT2D eigenvalue weighted by atomic mass is 9.82. The van der Waals surface area contributed by atoms with Gasteiger partial charge in [-0.2, -0.15) is 0 Å². The van der Waals surface area contributed by atoms with Gasteiger partial charge in [0.25, 0.3) is 5.91 Å². The van der Waals surface area contributed by atoms with Crippen LogP contribution in [0.1, 0.15) is 133 Å². The molecule has 0 heterocycles. The maximum absolute atomic E-state index is 13.9. The molecule has 37 heavy (non-hydrogen) atoms. The van der Waals surface area contributed by atoms with Crippen LogP contribution in [0.15, 0.2) is 36.4 Å². The van der Waals surface area contributed by atoms with Crippen molar-refractivity contribution >= 4 is 23.2 Å². The van der Waals surface area contributed by atoms with E-state index >= 15 is 0 Å². The second-order valence-corrected chi connectivity index (χ2v) is 10.2. The van der Waals surface area contributed by atoms with Crippen LogP contribution < -0.4 is 5.32 Å². The van der Waals surface area contributed by atoms with Gasteiger partial charge in [0, 0.05) is 36.8 Å². The Kier molecular flexibility index (Phi) is 11.4. The van der Waals surface area contributed by atoms with E-state index < -0.39 is 0 Å². The molecule has 0 saturated heterocycles. The Bertz CT molecular complexity index is 1060. The number of nitrogens with one attached hydrogen (secondary N) is 1. The van der Waals surface area contributed by atoms with Crippen LogP contribution in [0.25, 0.3) is 0 Å². The zero-order valence-corrected chi connectivity index (χ0v) is 23.0. The highest BCUT2D eigenvalue weighted by Gasteiger charge is 2.34. The summed E-state index contributed by atoms with van der Waals surface area (Å²) in [6.45, 7) is 5.87. The molecule has 200 valence electrons. The number of amides is 1. The minimum atomic E-state index is -0.206. The molecule has 1 aliphatic rings. The third kappa shape index (κ3) is 7.09. The quantitative estimate of drug-likeness (QED) is 0.203. The molecule has 3 rings (SSSR count). The number of rotatable bonds is 16. The summed E-state index contributed by atoms with van der Waals surface area (Å²) >= 11 is 0. The Hall–Kier alpha value is -2.95. The minimum absolute atomic E-state index is 0.0617. The Morgan fingerprint density at radius 2 is 1.19 bits per heavy atom. The first-order valence-corrected chi connectivity index (χ1v) is 14.4. The number of benzene rings is 2. The number of ketones is 2. The van der Waals surface area contributed by atoms with Gasteiger partial charge in [-0.15, -0.1) is 0 Å². The maximum atomic E-state index is 13.9. The van der Waals surface area contributed by atoms with Gasteiger partial charge in [-0.1, -0.05) is 102 Å². The van der Waals surface area contributed by atoms with Crippen molar-refractivity contribution in [1.82, 2.24) is 4.90 Å². The summed E-state index contributed by atoms with van der Waals surface area (Å²) < 4.78 is 0. The Balaban J connectivity index is 1.81. The van der Waals surface area contributed by atoms with Gasteiger partial charge in [0.1, 0.15) is 0 Å². The highest BCUT2D eigenvalue weighted by atomic mass is 16.2. The van der Waals surface area contributed by atoms with Gasteiger partial charge < -0.3 is 10.2 Å². The molecule has 0 saturated carbocycles. The molecule has 2 aromatic carbocycles. The highest BCUT2D eigenvalue weighted by Crippen LogP contribution is 2.34. The average Bonchev–Trinajstić information content (AvgIpc) is 2.93. The molecule has 1 N–H and O–H groups in total. The standard InChI is InChI=1S/C32H44N2O3/c1-4-6-8-10-12-16-22-34(23-17-13-11-9-7-5-2)32(37)27-21-20-26-28(29(27)33-3)31(36)25-19-15-14-18-24(25)30(26)35/h14-15,18-21,33H,4-13,16-17,22-23H2,1-3H3. The van der Waals surface area contributed by atoms with E-state index in [1.165, 1.54) is 51.4 Å². The first-order valence-electron chi connectivity index (χ1n) is 14.4. The summed E-state index contributed by atoms with van der Waals surface area (Å²) in [6.07, 6.45) is 14.0. The lowest BCUT2D eigenvalue weighted by Gasteiger charge is -2.26. The maximum Gasteiger partial charge on any atom is 0.255 e. The Morgan fingerprint density at radius 1 is 0.676 bits per heavy atom. The number of hydrogen-bond donors (Lipinski definition) is 1. The molecule has 0 spiro atoms. The van der Waals surface area contributed by atoms with Crippen LogP contribution in [-0.2, 0) is 0 Å². The Labute approximate surface area is 223 Å². The predicted octanol–water partition coefficient (Wildman–Crippen LogP) is 7.67. The summed E-state index contributed by atoms with van der Waals surface area (Å²) in [5, 5.41) is 3.10. The topological polar surface area (TPSA) is 66.5 Å². The number of carbonyl (C=O) groups excluding carboxylic acids is 3. The van der Waals surface area contributed by atoms with Crippen LogP contribution in [0.5, 0.6) is 0 Å². The molecule has 0 fully saturated rings. The zero-order chi connectivity index (χ0) is 26.6. The molecular formula is C32H44N2O3. The molecule has 5 heteroatoms. The van der Waals surface area contributed by atoms with Crippen molar-refractivity contribution in [3.8, 4) is 0 Å². The monoisotopic (exact) mass is 504 g/mol. The molecule has 1 amide bonds. The SMILES string of the molecule is CCCCCCCCN(CCCCCCCC)C(=O)c1ccc2c(c1NC)C(=O)c1ccccc1C2=O. The van der Waals surface area contributed by atoms with Crippen molar-refractivity contribution in [3.63, 3.8) is 0 Å². The van der Waals surface area contributed by atoms with Crippen molar-refractivity contribution in [3.05, 3.63) is 64.2 Å². The van der Waals surface area contributed by atoms with Gasteiger partial charge in [-0.25, -0.2) is 0 Å². The van der Waals surface area contributed by atoms with Crippen LogP contribution in [-0.4, -0.2) is 42.5 Å². The first kappa shape index (κ1) is 28.6. The van der Waals surface area contributed by atoms with Crippen LogP contribution in [0.4, 0.5) is 5.69 Å². The molecule has 1 aliphatic carbocycles. The zero-order valence-electron chi connectivity index (χ0n) is 23.0. The predicted molar refractivity (Wildman–Crippen MR) is 152 cm³/mol.